The van der Waals surface area contributed by atoms with Crippen LogP contribution in [-0.4, -0.2) is 17.0 Å². The Morgan fingerprint density at radius 2 is 2.26 bits per heavy atom. The number of nitro benzene ring substituents is 1. The summed E-state index contributed by atoms with van der Waals surface area (Å²) < 4.78 is 10.6. The number of alkyl halides is 1. The molecule has 7 heteroatoms. The van der Waals surface area contributed by atoms with Crippen molar-refractivity contribution in [2.75, 3.05) is 7.11 Å². The van der Waals surface area contributed by atoms with E-state index in [4.69, 9.17) is 20.8 Å². The number of methoxy groups -OCH3 is 1. The minimum Gasteiger partial charge on any atom is -0.490 e. The molecular formula is C12H11ClN2O4. The van der Waals surface area contributed by atoms with Gasteiger partial charge in [0.05, 0.1) is 23.8 Å². The van der Waals surface area contributed by atoms with Gasteiger partial charge in [-0.2, -0.15) is 0 Å². The summed E-state index contributed by atoms with van der Waals surface area (Å²) in [7, 11) is 1.37. The van der Waals surface area contributed by atoms with Crippen LogP contribution in [0.3, 0.4) is 0 Å². The third-order valence-corrected chi connectivity index (χ3v) is 2.71. The molecular weight excluding hydrogens is 272 g/mol. The van der Waals surface area contributed by atoms with Crippen LogP contribution in [0.15, 0.2) is 28.8 Å². The number of hydrogen-bond acceptors (Lipinski definition) is 5. The van der Waals surface area contributed by atoms with Crippen molar-refractivity contribution in [1.82, 2.24) is 4.98 Å². The summed E-state index contributed by atoms with van der Waals surface area (Å²) in [6.45, 7) is 1.72. The molecule has 0 radical (unpaired) electrons. The van der Waals surface area contributed by atoms with Gasteiger partial charge < -0.3 is 9.15 Å². The van der Waals surface area contributed by atoms with E-state index >= 15 is 0 Å². The molecule has 2 rings (SSSR count). The second kappa shape index (κ2) is 5.27. The van der Waals surface area contributed by atoms with E-state index in [2.05, 4.69) is 4.98 Å². The van der Waals surface area contributed by atoms with Crippen LogP contribution in [0.25, 0.3) is 11.3 Å². The van der Waals surface area contributed by atoms with E-state index in [0.717, 1.165) is 0 Å². The fourth-order valence-electron chi connectivity index (χ4n) is 1.67. The first kappa shape index (κ1) is 13.4. The van der Waals surface area contributed by atoms with E-state index in [0.29, 0.717) is 17.2 Å². The number of rotatable bonds is 4. The van der Waals surface area contributed by atoms with Crippen LogP contribution >= 0.6 is 11.6 Å². The number of oxazole rings is 1. The van der Waals surface area contributed by atoms with Crippen molar-refractivity contribution in [2.45, 2.75) is 12.3 Å². The third kappa shape index (κ3) is 2.53. The molecule has 0 aliphatic heterocycles. The Balaban J connectivity index is 2.54. The Kier molecular flexibility index (Phi) is 3.71. The van der Waals surface area contributed by atoms with Gasteiger partial charge in [-0.15, -0.1) is 11.6 Å². The Morgan fingerprint density at radius 3 is 2.79 bits per heavy atom. The van der Waals surface area contributed by atoms with Crippen molar-refractivity contribution in [3.63, 3.8) is 0 Å². The van der Waals surface area contributed by atoms with Crippen LogP contribution < -0.4 is 4.74 Å². The van der Waals surface area contributed by atoms with E-state index in [1.165, 1.54) is 19.4 Å². The number of benzene rings is 1. The average molecular weight is 283 g/mol. The molecule has 19 heavy (non-hydrogen) atoms. The van der Waals surface area contributed by atoms with E-state index in [1.807, 2.05) is 0 Å². The normalized spacial score (nSPS) is 12.2. The van der Waals surface area contributed by atoms with Gasteiger partial charge >= 0.3 is 5.69 Å². The molecule has 0 bridgehead atoms. The zero-order chi connectivity index (χ0) is 14.0. The molecule has 0 aliphatic carbocycles. The Morgan fingerprint density at radius 1 is 1.53 bits per heavy atom. The molecule has 100 valence electrons. The second-order valence-corrected chi connectivity index (χ2v) is 4.45. The maximum atomic E-state index is 10.9. The van der Waals surface area contributed by atoms with Gasteiger partial charge in [-0.3, -0.25) is 10.1 Å². The summed E-state index contributed by atoms with van der Waals surface area (Å²) in [5, 5.41) is 10.6. The summed E-state index contributed by atoms with van der Waals surface area (Å²) in [4.78, 5) is 14.4. The highest BCUT2D eigenvalue weighted by Gasteiger charge is 2.22. The quantitative estimate of drug-likeness (QED) is 0.487. The lowest BCUT2D eigenvalue weighted by atomic mass is 10.1. The molecule has 0 aliphatic rings. The van der Waals surface area contributed by atoms with Gasteiger partial charge in [0.2, 0.25) is 11.6 Å². The van der Waals surface area contributed by atoms with Crippen molar-refractivity contribution in [3.05, 3.63) is 40.4 Å². The molecule has 1 aromatic carbocycles. The number of aromatic nitrogens is 1. The number of para-hydroxylation sites is 1. The zero-order valence-electron chi connectivity index (χ0n) is 10.3. The van der Waals surface area contributed by atoms with Gasteiger partial charge in [0, 0.05) is 6.07 Å². The molecule has 0 fully saturated rings. The van der Waals surface area contributed by atoms with Crippen LogP contribution in [0.5, 0.6) is 5.75 Å². The molecule has 1 heterocycles. The largest absolute Gasteiger partial charge is 0.490 e. The second-order valence-electron chi connectivity index (χ2n) is 3.79. The van der Waals surface area contributed by atoms with Crippen molar-refractivity contribution in [1.29, 1.82) is 0 Å². The van der Waals surface area contributed by atoms with Crippen LogP contribution in [0.4, 0.5) is 5.69 Å². The summed E-state index contributed by atoms with van der Waals surface area (Å²) in [6, 6.07) is 4.58. The first-order chi connectivity index (χ1) is 9.04. The van der Waals surface area contributed by atoms with Crippen LogP contribution in [0, 0.1) is 10.1 Å². The van der Waals surface area contributed by atoms with Gasteiger partial charge in [0.25, 0.3) is 0 Å². The van der Waals surface area contributed by atoms with Crippen LogP contribution in [0.1, 0.15) is 18.2 Å². The fourth-order valence-corrected chi connectivity index (χ4v) is 1.77. The lowest BCUT2D eigenvalue weighted by molar-refractivity contribution is -0.385. The summed E-state index contributed by atoms with van der Waals surface area (Å²) >= 11 is 5.86. The van der Waals surface area contributed by atoms with E-state index < -0.39 is 4.92 Å². The lowest BCUT2D eigenvalue weighted by Crippen LogP contribution is -1.95. The van der Waals surface area contributed by atoms with E-state index in [9.17, 15) is 10.1 Å². The van der Waals surface area contributed by atoms with Gasteiger partial charge in [-0.05, 0) is 13.0 Å². The number of nitro groups is 1. The molecule has 1 unspecified atom stereocenters. The standard InChI is InChI=1S/C12H11ClN2O4/c1-7(13)12-14-6-10(19-12)8-4-3-5-9(15(16)17)11(8)18-2/h3-7H,1-2H3. The van der Waals surface area contributed by atoms with Gasteiger partial charge in [-0.1, -0.05) is 6.07 Å². The van der Waals surface area contributed by atoms with Crippen LogP contribution in [-0.2, 0) is 0 Å². The summed E-state index contributed by atoms with van der Waals surface area (Å²) in [6.07, 6.45) is 1.47. The van der Waals surface area contributed by atoms with Crippen molar-refractivity contribution in [2.24, 2.45) is 0 Å². The lowest BCUT2D eigenvalue weighted by Gasteiger charge is -2.06. The SMILES string of the molecule is COc1c(-c2cnc(C(C)Cl)o2)cccc1[N+](=O)[O-]. The highest BCUT2D eigenvalue weighted by Crippen LogP contribution is 2.38. The summed E-state index contributed by atoms with van der Waals surface area (Å²) in [5.41, 5.74) is 0.338. The maximum Gasteiger partial charge on any atom is 0.311 e. The van der Waals surface area contributed by atoms with Gasteiger partial charge in [-0.25, -0.2) is 4.98 Å². The monoisotopic (exact) mass is 282 g/mol. The van der Waals surface area contributed by atoms with Gasteiger partial charge in [0.15, 0.2) is 5.76 Å². The molecule has 1 atom stereocenters. The molecule has 0 saturated heterocycles. The number of hydrogen-bond donors (Lipinski definition) is 0. The molecule has 0 spiro atoms. The van der Waals surface area contributed by atoms with Crippen molar-refractivity contribution < 1.29 is 14.1 Å². The van der Waals surface area contributed by atoms with E-state index in [1.54, 1.807) is 19.1 Å². The van der Waals surface area contributed by atoms with Crippen LogP contribution in [0.2, 0.25) is 0 Å². The predicted molar refractivity (Wildman–Crippen MR) is 69.4 cm³/mol. The molecule has 2 aromatic rings. The highest BCUT2D eigenvalue weighted by atomic mass is 35.5. The molecule has 0 saturated carbocycles. The first-order valence-electron chi connectivity index (χ1n) is 5.46. The predicted octanol–water partition coefficient (Wildman–Crippen LogP) is 3.56. The minimum absolute atomic E-state index is 0.128. The Hall–Kier alpha value is -2.08. The van der Waals surface area contributed by atoms with Crippen molar-refractivity contribution in [3.8, 4) is 17.1 Å². The maximum absolute atomic E-state index is 10.9. The summed E-state index contributed by atoms with van der Waals surface area (Å²) in [5.74, 6) is 0.866. The zero-order valence-corrected chi connectivity index (χ0v) is 11.0. The smallest absolute Gasteiger partial charge is 0.311 e. The first-order valence-corrected chi connectivity index (χ1v) is 5.89. The molecule has 6 nitrogen and oxygen atoms in total. The minimum atomic E-state index is -0.510. The molecule has 0 N–H and O–H groups in total. The number of nitrogens with zero attached hydrogens (tertiary/aromatic N) is 2. The molecule has 1 aromatic heterocycles. The third-order valence-electron chi connectivity index (χ3n) is 2.52. The Bertz CT molecular complexity index is 610. The highest BCUT2D eigenvalue weighted by molar-refractivity contribution is 6.20. The van der Waals surface area contributed by atoms with Gasteiger partial charge in [0.1, 0.15) is 5.38 Å². The molecule has 0 amide bonds. The Labute approximate surface area is 114 Å². The fraction of sp³-hybridized carbons (Fsp3) is 0.250. The average Bonchev–Trinajstić information content (AvgIpc) is 2.87. The van der Waals surface area contributed by atoms with E-state index in [-0.39, 0.29) is 16.8 Å². The topological polar surface area (TPSA) is 78.4 Å². The number of halogens is 1. The number of ether oxygens (including phenoxy) is 1. The van der Waals surface area contributed by atoms with Crippen molar-refractivity contribution >= 4 is 17.3 Å².